The molecule has 1 aliphatic heterocycles. The molecule has 7 heteroatoms. The summed E-state index contributed by atoms with van der Waals surface area (Å²) in [5.41, 5.74) is 2.15. The Kier molecular flexibility index (Phi) is 4.64. The molecule has 24 heavy (non-hydrogen) atoms. The topological polar surface area (TPSA) is 58.3 Å². The Hall–Kier alpha value is -2.09. The summed E-state index contributed by atoms with van der Waals surface area (Å²) in [7, 11) is 0. The van der Waals surface area contributed by atoms with Crippen molar-refractivity contribution in [1.82, 2.24) is 24.9 Å². The molecule has 3 aromatic heterocycles. The monoisotopic (exact) mass is 341 g/mol. The van der Waals surface area contributed by atoms with E-state index in [2.05, 4.69) is 41.8 Å². The molecule has 0 N–H and O–H groups in total. The summed E-state index contributed by atoms with van der Waals surface area (Å²) in [5.74, 6) is 1.21. The molecule has 0 aromatic carbocycles. The van der Waals surface area contributed by atoms with Gasteiger partial charge in [0, 0.05) is 38.9 Å². The minimum Gasteiger partial charge on any atom is -0.337 e. The zero-order valence-corrected chi connectivity index (χ0v) is 14.2. The second kappa shape index (κ2) is 7.21. The lowest BCUT2D eigenvalue weighted by Crippen LogP contribution is -2.45. The van der Waals surface area contributed by atoms with Crippen LogP contribution in [0.5, 0.6) is 0 Å². The maximum absolute atomic E-state index is 5.38. The van der Waals surface area contributed by atoms with Crippen molar-refractivity contribution >= 4 is 11.3 Å². The van der Waals surface area contributed by atoms with E-state index in [1.54, 1.807) is 17.5 Å². The molecule has 0 aliphatic carbocycles. The van der Waals surface area contributed by atoms with E-state index in [0.717, 1.165) is 38.4 Å². The van der Waals surface area contributed by atoms with Gasteiger partial charge in [-0.05, 0) is 34.5 Å². The van der Waals surface area contributed by atoms with Gasteiger partial charge in [-0.2, -0.15) is 16.3 Å². The SMILES string of the molecule is c1ccc(-c2noc(CN3CCN(Cc4ccsc4)CC3)n2)nc1. The van der Waals surface area contributed by atoms with Crippen LogP contribution in [0.2, 0.25) is 0 Å². The van der Waals surface area contributed by atoms with Crippen molar-refractivity contribution in [2.45, 2.75) is 13.1 Å². The molecule has 0 unspecified atom stereocenters. The van der Waals surface area contributed by atoms with Crippen molar-refractivity contribution in [2.75, 3.05) is 26.2 Å². The van der Waals surface area contributed by atoms with Crippen LogP contribution in [0.1, 0.15) is 11.5 Å². The average Bonchev–Trinajstić information content (AvgIpc) is 3.29. The minimum absolute atomic E-state index is 0.557. The fourth-order valence-corrected chi connectivity index (χ4v) is 3.52. The maximum Gasteiger partial charge on any atom is 0.241 e. The first-order chi connectivity index (χ1) is 11.9. The molecule has 0 amide bonds. The van der Waals surface area contributed by atoms with Gasteiger partial charge in [0.1, 0.15) is 5.69 Å². The Labute approximate surface area is 144 Å². The van der Waals surface area contributed by atoms with E-state index in [0.29, 0.717) is 18.3 Å². The fraction of sp³-hybridized carbons (Fsp3) is 0.353. The third-order valence-corrected chi connectivity index (χ3v) is 4.90. The van der Waals surface area contributed by atoms with Gasteiger partial charge in [-0.25, -0.2) is 0 Å². The van der Waals surface area contributed by atoms with Gasteiger partial charge in [0.25, 0.3) is 0 Å². The average molecular weight is 341 g/mol. The molecule has 1 saturated heterocycles. The molecule has 6 nitrogen and oxygen atoms in total. The van der Waals surface area contributed by atoms with E-state index < -0.39 is 0 Å². The van der Waals surface area contributed by atoms with Crippen molar-refractivity contribution < 1.29 is 4.52 Å². The molecule has 1 fully saturated rings. The number of rotatable bonds is 5. The van der Waals surface area contributed by atoms with Crippen LogP contribution in [0.25, 0.3) is 11.5 Å². The Morgan fingerprint density at radius 2 is 1.88 bits per heavy atom. The molecule has 4 heterocycles. The number of hydrogen-bond donors (Lipinski definition) is 0. The lowest BCUT2D eigenvalue weighted by Gasteiger charge is -2.33. The van der Waals surface area contributed by atoms with Crippen LogP contribution in [-0.4, -0.2) is 51.1 Å². The van der Waals surface area contributed by atoms with E-state index in [9.17, 15) is 0 Å². The number of nitrogens with zero attached hydrogens (tertiary/aromatic N) is 5. The molecule has 124 valence electrons. The summed E-state index contributed by atoms with van der Waals surface area (Å²) >= 11 is 1.76. The number of piperazine rings is 1. The van der Waals surface area contributed by atoms with Crippen molar-refractivity contribution in [1.29, 1.82) is 0 Å². The number of aromatic nitrogens is 3. The predicted octanol–water partition coefficient (Wildman–Crippen LogP) is 2.51. The van der Waals surface area contributed by atoms with Gasteiger partial charge in [0.2, 0.25) is 11.7 Å². The second-order valence-electron chi connectivity index (χ2n) is 5.91. The van der Waals surface area contributed by atoms with E-state index in [-0.39, 0.29) is 0 Å². The summed E-state index contributed by atoms with van der Waals surface area (Å²) in [4.78, 5) is 13.6. The van der Waals surface area contributed by atoms with Crippen LogP contribution in [0.3, 0.4) is 0 Å². The zero-order valence-electron chi connectivity index (χ0n) is 13.3. The molecule has 0 spiro atoms. The molecular formula is C17H19N5OS. The number of pyridine rings is 1. The third-order valence-electron chi connectivity index (χ3n) is 4.17. The van der Waals surface area contributed by atoms with Gasteiger partial charge in [0.05, 0.1) is 6.54 Å². The van der Waals surface area contributed by atoms with Crippen molar-refractivity contribution in [3.8, 4) is 11.5 Å². The van der Waals surface area contributed by atoms with Crippen LogP contribution in [-0.2, 0) is 13.1 Å². The van der Waals surface area contributed by atoms with Crippen molar-refractivity contribution in [2.24, 2.45) is 0 Å². The van der Waals surface area contributed by atoms with E-state index >= 15 is 0 Å². The molecule has 3 aromatic rings. The van der Waals surface area contributed by atoms with Crippen LogP contribution >= 0.6 is 11.3 Å². The summed E-state index contributed by atoms with van der Waals surface area (Å²) in [6.07, 6.45) is 1.73. The van der Waals surface area contributed by atoms with E-state index in [1.165, 1.54) is 5.56 Å². The Bertz CT molecular complexity index is 750. The van der Waals surface area contributed by atoms with Gasteiger partial charge >= 0.3 is 0 Å². The lowest BCUT2D eigenvalue weighted by molar-refractivity contribution is 0.112. The van der Waals surface area contributed by atoms with Crippen LogP contribution in [0.4, 0.5) is 0 Å². The summed E-state index contributed by atoms with van der Waals surface area (Å²) < 4.78 is 5.38. The zero-order chi connectivity index (χ0) is 16.2. The Morgan fingerprint density at radius 1 is 1.04 bits per heavy atom. The molecular weight excluding hydrogens is 322 g/mol. The highest BCUT2D eigenvalue weighted by atomic mass is 32.1. The summed E-state index contributed by atoms with van der Waals surface area (Å²) in [5, 5.41) is 8.40. The lowest BCUT2D eigenvalue weighted by atomic mass is 10.2. The van der Waals surface area contributed by atoms with Gasteiger partial charge in [-0.15, -0.1) is 0 Å². The van der Waals surface area contributed by atoms with E-state index in [1.807, 2.05) is 18.2 Å². The molecule has 4 rings (SSSR count). The molecule has 0 bridgehead atoms. The van der Waals surface area contributed by atoms with Gasteiger partial charge in [-0.3, -0.25) is 14.8 Å². The molecule has 0 saturated carbocycles. The Morgan fingerprint density at radius 3 is 2.58 bits per heavy atom. The third kappa shape index (κ3) is 3.69. The minimum atomic E-state index is 0.557. The summed E-state index contributed by atoms with van der Waals surface area (Å²) in [6.45, 7) is 5.92. The summed E-state index contributed by atoms with van der Waals surface area (Å²) in [6, 6.07) is 7.89. The quantitative estimate of drug-likeness (QED) is 0.711. The Balaban J connectivity index is 1.30. The van der Waals surface area contributed by atoms with Gasteiger partial charge in [-0.1, -0.05) is 11.2 Å². The smallest absolute Gasteiger partial charge is 0.241 e. The number of hydrogen-bond acceptors (Lipinski definition) is 7. The van der Waals surface area contributed by atoms with Crippen LogP contribution < -0.4 is 0 Å². The molecule has 0 atom stereocenters. The fourth-order valence-electron chi connectivity index (χ4n) is 2.86. The van der Waals surface area contributed by atoms with Gasteiger partial charge in [0.15, 0.2) is 0 Å². The largest absolute Gasteiger partial charge is 0.337 e. The highest BCUT2D eigenvalue weighted by Crippen LogP contribution is 2.15. The predicted molar refractivity (Wildman–Crippen MR) is 92.4 cm³/mol. The highest BCUT2D eigenvalue weighted by molar-refractivity contribution is 7.07. The van der Waals surface area contributed by atoms with Crippen LogP contribution in [0, 0.1) is 0 Å². The molecule has 0 radical (unpaired) electrons. The van der Waals surface area contributed by atoms with Crippen molar-refractivity contribution in [3.63, 3.8) is 0 Å². The molecule has 1 aliphatic rings. The van der Waals surface area contributed by atoms with Crippen molar-refractivity contribution in [3.05, 3.63) is 52.7 Å². The standard InChI is InChI=1S/C17H19N5OS/c1-2-5-18-15(3-1)17-19-16(23-20-17)12-22-8-6-21(7-9-22)11-14-4-10-24-13-14/h1-5,10,13H,6-9,11-12H2. The normalized spacial score (nSPS) is 16.5. The first-order valence-electron chi connectivity index (χ1n) is 8.06. The highest BCUT2D eigenvalue weighted by Gasteiger charge is 2.19. The second-order valence-corrected chi connectivity index (χ2v) is 6.69. The first kappa shape index (κ1) is 15.4. The first-order valence-corrected chi connectivity index (χ1v) is 9.01. The van der Waals surface area contributed by atoms with E-state index in [4.69, 9.17) is 4.52 Å². The number of thiophene rings is 1. The van der Waals surface area contributed by atoms with Gasteiger partial charge < -0.3 is 4.52 Å². The maximum atomic E-state index is 5.38. The van der Waals surface area contributed by atoms with Crippen LogP contribution in [0.15, 0.2) is 45.7 Å².